The van der Waals surface area contributed by atoms with Gasteiger partial charge in [0, 0.05) is 54.2 Å². The van der Waals surface area contributed by atoms with Gasteiger partial charge in [0.2, 0.25) is 5.91 Å². The summed E-state index contributed by atoms with van der Waals surface area (Å²) >= 11 is 6.05. The fourth-order valence-electron chi connectivity index (χ4n) is 3.12. The van der Waals surface area contributed by atoms with E-state index in [4.69, 9.17) is 11.6 Å². The van der Waals surface area contributed by atoms with Crippen molar-refractivity contribution in [3.63, 3.8) is 0 Å². The van der Waals surface area contributed by atoms with Crippen LogP contribution in [0, 0.1) is 17.0 Å². The number of hydrogen-bond donors (Lipinski definition) is 1. The van der Waals surface area contributed by atoms with Gasteiger partial charge >= 0.3 is 0 Å². The van der Waals surface area contributed by atoms with Gasteiger partial charge in [-0.25, -0.2) is 0 Å². The first-order valence-corrected chi connectivity index (χ1v) is 9.08. The van der Waals surface area contributed by atoms with Crippen LogP contribution >= 0.6 is 11.6 Å². The Kier molecular flexibility index (Phi) is 5.93. The number of hydrogen-bond acceptors (Lipinski definition) is 5. The molecule has 0 spiro atoms. The van der Waals surface area contributed by atoms with Crippen LogP contribution in [0.1, 0.15) is 5.56 Å². The van der Waals surface area contributed by atoms with Crippen molar-refractivity contribution in [2.24, 2.45) is 0 Å². The van der Waals surface area contributed by atoms with Gasteiger partial charge in [-0.3, -0.25) is 19.8 Å². The molecule has 3 rings (SSSR count). The average Bonchev–Trinajstić information content (AvgIpc) is 2.63. The number of carbonyl (C=O) groups excluding carboxylic acids is 1. The molecule has 1 heterocycles. The van der Waals surface area contributed by atoms with Crippen LogP contribution in [-0.4, -0.2) is 48.5 Å². The molecule has 0 saturated carbocycles. The lowest BCUT2D eigenvalue weighted by Gasteiger charge is -2.35. The summed E-state index contributed by atoms with van der Waals surface area (Å²) in [4.78, 5) is 27.2. The molecule has 1 aliphatic rings. The lowest BCUT2D eigenvalue weighted by atomic mass is 10.2. The van der Waals surface area contributed by atoms with Gasteiger partial charge in [0.15, 0.2) is 0 Å². The van der Waals surface area contributed by atoms with Gasteiger partial charge < -0.3 is 10.2 Å². The van der Waals surface area contributed by atoms with E-state index in [0.717, 1.165) is 31.9 Å². The fourth-order valence-corrected chi connectivity index (χ4v) is 3.31. The van der Waals surface area contributed by atoms with Gasteiger partial charge in [-0.1, -0.05) is 23.7 Å². The zero-order valence-corrected chi connectivity index (χ0v) is 15.8. The Labute approximate surface area is 162 Å². The normalized spacial score (nSPS) is 14.8. The molecule has 1 fully saturated rings. The van der Waals surface area contributed by atoms with Crippen molar-refractivity contribution in [1.82, 2.24) is 4.90 Å². The summed E-state index contributed by atoms with van der Waals surface area (Å²) in [6.07, 6.45) is 0. The number of nitro groups is 1. The quantitative estimate of drug-likeness (QED) is 0.628. The van der Waals surface area contributed by atoms with Crippen molar-refractivity contribution in [1.29, 1.82) is 0 Å². The van der Waals surface area contributed by atoms with Crippen LogP contribution in [0.2, 0.25) is 5.02 Å². The van der Waals surface area contributed by atoms with Gasteiger partial charge in [0.25, 0.3) is 5.69 Å². The molecule has 0 unspecified atom stereocenters. The number of nitrogens with zero attached hydrogens (tertiary/aromatic N) is 3. The SMILES string of the molecule is Cc1ccc(NC(=O)CN2CCN(c3cccc(Cl)c3)CC2)cc1[N+](=O)[O-]. The molecular weight excluding hydrogens is 368 g/mol. The molecule has 1 N–H and O–H groups in total. The third kappa shape index (κ3) is 4.96. The predicted molar refractivity (Wildman–Crippen MR) is 107 cm³/mol. The summed E-state index contributed by atoms with van der Waals surface area (Å²) in [5.74, 6) is -0.177. The predicted octanol–water partition coefficient (Wildman–Crippen LogP) is 3.32. The van der Waals surface area contributed by atoms with E-state index in [0.29, 0.717) is 16.3 Å². The number of anilines is 2. The van der Waals surface area contributed by atoms with E-state index in [1.807, 2.05) is 24.3 Å². The first-order chi connectivity index (χ1) is 12.9. The maximum atomic E-state index is 12.3. The maximum Gasteiger partial charge on any atom is 0.274 e. The summed E-state index contributed by atoms with van der Waals surface area (Å²) in [5.41, 5.74) is 2.09. The first kappa shape index (κ1) is 19.1. The topological polar surface area (TPSA) is 78.7 Å². The highest BCUT2D eigenvalue weighted by Gasteiger charge is 2.20. The molecule has 1 saturated heterocycles. The summed E-state index contributed by atoms with van der Waals surface area (Å²) in [5, 5.41) is 14.5. The fraction of sp³-hybridized carbons (Fsp3) is 0.316. The molecule has 27 heavy (non-hydrogen) atoms. The smallest absolute Gasteiger partial charge is 0.274 e. The zero-order chi connectivity index (χ0) is 19.4. The van der Waals surface area contributed by atoms with Gasteiger partial charge in [0.1, 0.15) is 0 Å². The van der Waals surface area contributed by atoms with Crippen LogP contribution in [0.4, 0.5) is 17.1 Å². The number of nitrogens with one attached hydrogen (secondary N) is 1. The Hall–Kier alpha value is -2.64. The molecule has 7 nitrogen and oxygen atoms in total. The van der Waals surface area contributed by atoms with Gasteiger partial charge in [0.05, 0.1) is 11.5 Å². The minimum atomic E-state index is -0.444. The number of benzene rings is 2. The van der Waals surface area contributed by atoms with Crippen LogP contribution in [0.3, 0.4) is 0 Å². The van der Waals surface area contributed by atoms with Gasteiger partial charge in [-0.2, -0.15) is 0 Å². The molecule has 0 aromatic heterocycles. The summed E-state index contributed by atoms with van der Waals surface area (Å²) in [6.45, 7) is 5.06. The van der Waals surface area contributed by atoms with Crippen molar-refractivity contribution in [2.45, 2.75) is 6.92 Å². The maximum absolute atomic E-state index is 12.3. The largest absolute Gasteiger partial charge is 0.369 e. The van der Waals surface area contributed by atoms with Crippen LogP contribution in [0.5, 0.6) is 0 Å². The second-order valence-electron chi connectivity index (χ2n) is 6.55. The van der Waals surface area contributed by atoms with E-state index < -0.39 is 4.92 Å². The van der Waals surface area contributed by atoms with Crippen molar-refractivity contribution in [3.05, 3.63) is 63.2 Å². The molecule has 1 aliphatic heterocycles. The number of rotatable bonds is 5. The van der Waals surface area contributed by atoms with E-state index in [-0.39, 0.29) is 18.1 Å². The number of halogens is 1. The van der Waals surface area contributed by atoms with E-state index >= 15 is 0 Å². The van der Waals surface area contributed by atoms with Crippen molar-refractivity contribution in [3.8, 4) is 0 Å². The molecule has 0 atom stereocenters. The Morgan fingerprint density at radius 2 is 1.93 bits per heavy atom. The van der Waals surface area contributed by atoms with E-state index in [2.05, 4.69) is 15.1 Å². The van der Waals surface area contributed by atoms with Crippen molar-refractivity contribution < 1.29 is 9.72 Å². The summed E-state index contributed by atoms with van der Waals surface area (Å²) < 4.78 is 0. The number of carbonyl (C=O) groups is 1. The average molecular weight is 389 g/mol. The third-order valence-electron chi connectivity index (χ3n) is 4.60. The third-order valence-corrected chi connectivity index (χ3v) is 4.84. The molecule has 142 valence electrons. The number of amides is 1. The van der Waals surface area contributed by atoms with E-state index in [9.17, 15) is 14.9 Å². The molecule has 1 amide bonds. The number of aryl methyl sites for hydroxylation is 1. The second kappa shape index (κ2) is 8.37. The standard InChI is InChI=1S/C19H21ClN4O3/c1-14-5-6-16(12-18(14)24(26)27)21-19(25)13-22-7-9-23(10-8-22)17-4-2-3-15(20)11-17/h2-6,11-12H,7-10,13H2,1H3,(H,21,25). The molecule has 2 aromatic carbocycles. The van der Waals surface area contributed by atoms with Crippen molar-refractivity contribution in [2.75, 3.05) is 42.9 Å². The van der Waals surface area contributed by atoms with E-state index in [1.165, 1.54) is 6.07 Å². The lowest BCUT2D eigenvalue weighted by Crippen LogP contribution is -2.48. The van der Waals surface area contributed by atoms with E-state index in [1.54, 1.807) is 19.1 Å². The Morgan fingerprint density at radius 1 is 1.19 bits per heavy atom. The molecule has 0 radical (unpaired) electrons. The number of piperazine rings is 1. The highest BCUT2D eigenvalue weighted by Crippen LogP contribution is 2.23. The minimum absolute atomic E-state index is 0.00272. The lowest BCUT2D eigenvalue weighted by molar-refractivity contribution is -0.385. The zero-order valence-electron chi connectivity index (χ0n) is 15.0. The van der Waals surface area contributed by atoms with Crippen molar-refractivity contribution >= 4 is 34.6 Å². The summed E-state index contributed by atoms with van der Waals surface area (Å²) in [7, 11) is 0. The highest BCUT2D eigenvalue weighted by atomic mass is 35.5. The minimum Gasteiger partial charge on any atom is -0.369 e. The molecule has 2 aromatic rings. The number of nitro benzene ring substituents is 1. The second-order valence-corrected chi connectivity index (χ2v) is 6.99. The molecule has 0 bridgehead atoms. The monoisotopic (exact) mass is 388 g/mol. The van der Waals surface area contributed by atoms with Crippen LogP contribution < -0.4 is 10.2 Å². The Morgan fingerprint density at radius 3 is 2.59 bits per heavy atom. The first-order valence-electron chi connectivity index (χ1n) is 8.70. The molecule has 0 aliphatic carbocycles. The van der Waals surface area contributed by atoms with Crippen LogP contribution in [-0.2, 0) is 4.79 Å². The van der Waals surface area contributed by atoms with Gasteiger partial charge in [-0.05, 0) is 31.2 Å². The van der Waals surface area contributed by atoms with Crippen LogP contribution in [0.25, 0.3) is 0 Å². The molecule has 8 heteroatoms. The Bertz CT molecular complexity index is 851. The van der Waals surface area contributed by atoms with Crippen LogP contribution in [0.15, 0.2) is 42.5 Å². The summed E-state index contributed by atoms with van der Waals surface area (Å²) in [6, 6.07) is 12.4. The Balaban J connectivity index is 1.52. The highest BCUT2D eigenvalue weighted by molar-refractivity contribution is 6.30. The molecular formula is C19H21ClN4O3. The van der Waals surface area contributed by atoms with Gasteiger partial charge in [-0.15, -0.1) is 0 Å².